The van der Waals surface area contributed by atoms with Crippen LogP contribution >= 0.6 is 0 Å². The molecule has 7 aromatic carbocycles. The molecular formula is C44H26N4O. The summed E-state index contributed by atoms with van der Waals surface area (Å²) in [5.41, 5.74) is 9.15. The van der Waals surface area contributed by atoms with Gasteiger partial charge in [0.15, 0.2) is 17.5 Å². The Bertz CT molecular complexity index is 2720. The Morgan fingerprint density at radius 3 is 1.90 bits per heavy atom. The van der Waals surface area contributed by atoms with Gasteiger partial charge in [-0.15, -0.1) is 0 Å². The lowest BCUT2D eigenvalue weighted by Gasteiger charge is -2.11. The summed E-state index contributed by atoms with van der Waals surface area (Å²) >= 11 is 0. The number of hydrogen-bond acceptors (Lipinski definition) is 5. The first-order valence-electron chi connectivity index (χ1n) is 16.1. The zero-order chi connectivity index (χ0) is 32.7. The van der Waals surface area contributed by atoms with Gasteiger partial charge in [0.2, 0.25) is 0 Å². The van der Waals surface area contributed by atoms with E-state index in [1.165, 1.54) is 0 Å². The van der Waals surface area contributed by atoms with Crippen LogP contribution in [0.3, 0.4) is 0 Å². The second kappa shape index (κ2) is 11.7. The number of rotatable bonds is 5. The number of hydrogen-bond donors (Lipinski definition) is 0. The molecule has 0 bridgehead atoms. The number of benzene rings is 7. The molecular weight excluding hydrogens is 601 g/mol. The minimum atomic E-state index is 0.558. The van der Waals surface area contributed by atoms with Gasteiger partial charge in [0.1, 0.15) is 11.2 Å². The zero-order valence-electron chi connectivity index (χ0n) is 26.2. The maximum absolute atomic E-state index is 9.27. The van der Waals surface area contributed by atoms with E-state index in [9.17, 15) is 5.26 Å². The van der Waals surface area contributed by atoms with E-state index in [0.29, 0.717) is 23.0 Å². The summed E-state index contributed by atoms with van der Waals surface area (Å²) in [5.74, 6) is 1.72. The van der Waals surface area contributed by atoms with Gasteiger partial charge >= 0.3 is 0 Å². The van der Waals surface area contributed by atoms with Crippen molar-refractivity contribution in [1.82, 2.24) is 15.0 Å². The largest absolute Gasteiger partial charge is 0.456 e. The number of fused-ring (bicyclic) bond motifs is 4. The van der Waals surface area contributed by atoms with Gasteiger partial charge in [0, 0.05) is 27.5 Å². The van der Waals surface area contributed by atoms with Crippen LogP contribution < -0.4 is 0 Å². The molecule has 0 spiro atoms. The highest BCUT2D eigenvalue weighted by Crippen LogP contribution is 2.38. The molecule has 0 saturated carbocycles. The standard InChI is InChI=1S/C44H26N4O/c45-27-28-19-21-29(22-20-28)32-13-6-14-33(25-32)42-46-43(48-44(47-42)37-17-7-12-30-11-4-5-15-35(30)37)34-23-24-38-40(26-34)49-39-18-8-16-36(41(38)39)31-9-2-1-3-10-31/h1-26H. The van der Waals surface area contributed by atoms with Crippen molar-refractivity contribution in [3.05, 3.63) is 163 Å². The number of furan rings is 1. The van der Waals surface area contributed by atoms with Crippen LogP contribution in [-0.2, 0) is 0 Å². The second-order valence-corrected chi connectivity index (χ2v) is 12.0. The van der Waals surface area contributed by atoms with Crippen LogP contribution in [0.4, 0.5) is 0 Å². The molecule has 228 valence electrons. The van der Waals surface area contributed by atoms with Crippen LogP contribution in [0.1, 0.15) is 5.56 Å². The topological polar surface area (TPSA) is 75.6 Å². The van der Waals surface area contributed by atoms with Crippen molar-refractivity contribution in [1.29, 1.82) is 5.26 Å². The summed E-state index contributed by atoms with van der Waals surface area (Å²) in [6.07, 6.45) is 0. The van der Waals surface area contributed by atoms with Gasteiger partial charge < -0.3 is 4.42 Å². The molecule has 2 heterocycles. The molecule has 0 aliphatic carbocycles. The Kier molecular flexibility index (Phi) is 6.78. The predicted molar refractivity (Wildman–Crippen MR) is 197 cm³/mol. The fraction of sp³-hybridized carbons (Fsp3) is 0. The summed E-state index contributed by atoms with van der Waals surface area (Å²) in [7, 11) is 0. The molecule has 0 aliphatic rings. The second-order valence-electron chi connectivity index (χ2n) is 12.0. The van der Waals surface area contributed by atoms with E-state index in [0.717, 1.165) is 71.7 Å². The van der Waals surface area contributed by atoms with E-state index in [1.54, 1.807) is 0 Å². The Morgan fingerprint density at radius 2 is 1.06 bits per heavy atom. The van der Waals surface area contributed by atoms with Crippen molar-refractivity contribution >= 4 is 32.7 Å². The molecule has 9 rings (SSSR count). The lowest BCUT2D eigenvalue weighted by Crippen LogP contribution is -2.00. The van der Waals surface area contributed by atoms with Gasteiger partial charge in [-0.1, -0.05) is 121 Å². The Hall–Kier alpha value is -6.90. The summed E-state index contributed by atoms with van der Waals surface area (Å²) in [6, 6.07) is 55.2. The van der Waals surface area contributed by atoms with Crippen LogP contribution in [0, 0.1) is 11.3 Å². The first-order valence-corrected chi connectivity index (χ1v) is 16.1. The third kappa shape index (κ3) is 5.09. The maximum atomic E-state index is 9.27. The Morgan fingerprint density at radius 1 is 0.429 bits per heavy atom. The third-order valence-corrected chi connectivity index (χ3v) is 8.97. The van der Waals surface area contributed by atoms with Crippen LogP contribution in [0.25, 0.3) is 89.1 Å². The van der Waals surface area contributed by atoms with Crippen molar-refractivity contribution < 1.29 is 4.42 Å². The number of aromatic nitrogens is 3. The summed E-state index contributed by atoms with van der Waals surface area (Å²) in [4.78, 5) is 15.2. The molecule has 0 radical (unpaired) electrons. The smallest absolute Gasteiger partial charge is 0.164 e. The van der Waals surface area contributed by atoms with Crippen molar-refractivity contribution in [2.75, 3.05) is 0 Å². The fourth-order valence-electron chi connectivity index (χ4n) is 6.57. The summed E-state index contributed by atoms with van der Waals surface area (Å²) < 4.78 is 6.45. The lowest BCUT2D eigenvalue weighted by atomic mass is 9.99. The first kappa shape index (κ1) is 28.3. The highest BCUT2D eigenvalue weighted by Gasteiger charge is 2.17. The molecule has 0 amide bonds. The Balaban J connectivity index is 1.22. The van der Waals surface area contributed by atoms with Gasteiger partial charge in [-0.2, -0.15) is 5.26 Å². The maximum Gasteiger partial charge on any atom is 0.164 e. The van der Waals surface area contributed by atoms with Crippen molar-refractivity contribution in [2.45, 2.75) is 0 Å². The summed E-state index contributed by atoms with van der Waals surface area (Å²) in [5, 5.41) is 13.6. The van der Waals surface area contributed by atoms with Crippen LogP contribution in [0.5, 0.6) is 0 Å². The predicted octanol–water partition coefficient (Wildman–Crippen LogP) is 11.1. The molecule has 2 aromatic heterocycles. The molecule has 0 aliphatic heterocycles. The van der Waals surface area contributed by atoms with Gasteiger partial charge in [-0.3, -0.25) is 0 Å². The van der Waals surface area contributed by atoms with E-state index in [4.69, 9.17) is 19.4 Å². The highest BCUT2D eigenvalue weighted by molar-refractivity contribution is 6.13. The minimum Gasteiger partial charge on any atom is -0.456 e. The van der Waals surface area contributed by atoms with E-state index in [-0.39, 0.29) is 0 Å². The minimum absolute atomic E-state index is 0.558. The molecule has 0 unspecified atom stereocenters. The summed E-state index contributed by atoms with van der Waals surface area (Å²) in [6.45, 7) is 0. The average Bonchev–Trinajstić information content (AvgIpc) is 3.56. The number of nitriles is 1. The molecule has 0 saturated heterocycles. The van der Waals surface area contributed by atoms with E-state index in [1.807, 2.05) is 78.9 Å². The molecule has 0 atom stereocenters. The first-order chi connectivity index (χ1) is 24.2. The van der Waals surface area contributed by atoms with Crippen molar-refractivity contribution in [2.24, 2.45) is 0 Å². The van der Waals surface area contributed by atoms with Gasteiger partial charge in [0.25, 0.3) is 0 Å². The van der Waals surface area contributed by atoms with Crippen LogP contribution in [0.15, 0.2) is 162 Å². The Labute approximate surface area is 282 Å². The normalized spacial score (nSPS) is 11.2. The van der Waals surface area contributed by atoms with Gasteiger partial charge in [0.05, 0.1) is 11.6 Å². The quantitative estimate of drug-likeness (QED) is 0.190. The monoisotopic (exact) mass is 626 g/mol. The average molecular weight is 627 g/mol. The third-order valence-electron chi connectivity index (χ3n) is 8.97. The molecule has 9 aromatic rings. The molecule has 5 heteroatoms. The van der Waals surface area contributed by atoms with Crippen molar-refractivity contribution in [3.8, 4) is 62.5 Å². The van der Waals surface area contributed by atoms with Gasteiger partial charge in [-0.05, 0) is 69.4 Å². The highest BCUT2D eigenvalue weighted by atomic mass is 16.3. The zero-order valence-corrected chi connectivity index (χ0v) is 26.2. The van der Waals surface area contributed by atoms with Crippen molar-refractivity contribution in [3.63, 3.8) is 0 Å². The lowest BCUT2D eigenvalue weighted by molar-refractivity contribution is 0.669. The number of nitrogens with zero attached hydrogens (tertiary/aromatic N) is 4. The molecule has 0 fully saturated rings. The molecule has 0 N–H and O–H groups in total. The van der Waals surface area contributed by atoms with Crippen LogP contribution in [0.2, 0.25) is 0 Å². The molecule has 49 heavy (non-hydrogen) atoms. The SMILES string of the molecule is N#Cc1ccc(-c2cccc(-c3nc(-c4ccc5c(c4)oc4cccc(-c6ccccc6)c45)nc(-c4cccc5ccccc45)n3)c2)cc1. The fourth-order valence-corrected chi connectivity index (χ4v) is 6.57. The van der Waals surface area contributed by atoms with E-state index >= 15 is 0 Å². The molecule has 5 nitrogen and oxygen atoms in total. The van der Waals surface area contributed by atoms with Gasteiger partial charge in [-0.25, -0.2) is 15.0 Å². The van der Waals surface area contributed by atoms with Crippen LogP contribution in [-0.4, -0.2) is 15.0 Å². The van der Waals surface area contributed by atoms with E-state index in [2.05, 4.69) is 84.9 Å². The van der Waals surface area contributed by atoms with E-state index < -0.39 is 0 Å².